The van der Waals surface area contributed by atoms with Gasteiger partial charge in [0, 0.05) is 0 Å². The van der Waals surface area contributed by atoms with Crippen LogP contribution in [0.25, 0.3) is 0 Å². The second kappa shape index (κ2) is 12.7. The summed E-state index contributed by atoms with van der Waals surface area (Å²) >= 11 is 0. The predicted octanol–water partition coefficient (Wildman–Crippen LogP) is -0.0712. The Kier molecular flexibility index (Phi) is 11.2. The summed E-state index contributed by atoms with van der Waals surface area (Å²) < 4.78 is 31.4. The van der Waals surface area contributed by atoms with Gasteiger partial charge >= 0.3 is 0 Å². The van der Waals surface area contributed by atoms with Crippen molar-refractivity contribution in [2.75, 3.05) is 46.2 Å². The van der Waals surface area contributed by atoms with E-state index in [1.807, 2.05) is 0 Å². The summed E-state index contributed by atoms with van der Waals surface area (Å²) in [5, 5.41) is 115. The largest absolute Gasteiger partial charge is 0.393 e. The van der Waals surface area contributed by atoms with Gasteiger partial charge in [-0.25, -0.2) is 0 Å². The average molecular weight is 769 g/mol. The van der Waals surface area contributed by atoms with Gasteiger partial charge in [-0.2, -0.15) is 0 Å². The van der Waals surface area contributed by atoms with E-state index in [0.717, 1.165) is 0 Å². The van der Waals surface area contributed by atoms with Gasteiger partial charge in [-0.3, -0.25) is 0 Å². The van der Waals surface area contributed by atoms with Crippen LogP contribution in [0.4, 0.5) is 0 Å². The maximum atomic E-state index is 12.4. The van der Waals surface area contributed by atoms with Crippen molar-refractivity contribution >= 4 is 0 Å². The molecule has 3 fully saturated rings. The van der Waals surface area contributed by atoms with Crippen molar-refractivity contribution in [1.29, 1.82) is 0 Å². The van der Waals surface area contributed by atoms with Crippen molar-refractivity contribution in [3.63, 3.8) is 0 Å². The molecule has 3 saturated heterocycles. The molecule has 10 N–H and O–H groups in total. The molecule has 14 atom stereocenters. The summed E-state index contributed by atoms with van der Waals surface area (Å²) in [5.41, 5.74) is -27.1. The number of ether oxygens (including phenoxy) is 5. The molecular formula is C38H72O15. The lowest BCUT2D eigenvalue weighted by molar-refractivity contribution is -0.417. The first kappa shape index (κ1) is 46.8. The van der Waals surface area contributed by atoms with E-state index in [4.69, 9.17) is 23.7 Å². The van der Waals surface area contributed by atoms with Crippen molar-refractivity contribution in [3.8, 4) is 0 Å². The highest BCUT2D eigenvalue weighted by molar-refractivity contribution is 5.26. The van der Waals surface area contributed by atoms with Crippen LogP contribution >= 0.6 is 0 Å². The van der Waals surface area contributed by atoms with Gasteiger partial charge in [0.15, 0.2) is 0 Å². The molecule has 0 amide bonds. The molecule has 3 rings (SSSR count). The standard InChI is InChI=1S/C38H72O15/c1-24(2)32(10,42)33(11,43)25(3,27(5,17-39)51-24)20-49-22-30(8)36(14,46)34(12,44)26(4,28(6,18-40)52-30)21-50-23-31(9)37(15,47)38(16,48)35(13,45)29(7,19-41)53-31/h39-48H,17-23H2,1-16H3/t25-,26-,27?,28?,29?,30-,31-,32?,33-,34-,35-,36?,37?,38-/m1/s1. The van der Waals surface area contributed by atoms with Crippen LogP contribution in [0, 0.1) is 10.8 Å². The second-order valence-corrected chi connectivity index (χ2v) is 19.6. The number of hydrogen-bond acceptors (Lipinski definition) is 15. The minimum atomic E-state index is -2.23. The Balaban J connectivity index is 1.96. The highest BCUT2D eigenvalue weighted by atomic mass is 16.6. The quantitative estimate of drug-likeness (QED) is 0.132. The molecule has 6 unspecified atom stereocenters. The van der Waals surface area contributed by atoms with Gasteiger partial charge in [0.1, 0.15) is 56.0 Å². The molecule has 0 aromatic heterocycles. The lowest BCUT2D eigenvalue weighted by Crippen LogP contribution is -2.85. The van der Waals surface area contributed by atoms with Crippen molar-refractivity contribution in [2.24, 2.45) is 10.8 Å². The zero-order valence-electron chi connectivity index (χ0n) is 35.0. The Morgan fingerprint density at radius 3 is 0.962 bits per heavy atom. The predicted molar refractivity (Wildman–Crippen MR) is 193 cm³/mol. The molecule has 0 aliphatic carbocycles. The van der Waals surface area contributed by atoms with E-state index >= 15 is 0 Å². The van der Waals surface area contributed by atoms with Crippen molar-refractivity contribution < 1.29 is 74.7 Å². The van der Waals surface area contributed by atoms with E-state index in [9.17, 15) is 51.1 Å². The molecule has 15 nitrogen and oxygen atoms in total. The van der Waals surface area contributed by atoms with Gasteiger partial charge in [-0.1, -0.05) is 13.8 Å². The normalized spacial score (nSPS) is 57.4. The van der Waals surface area contributed by atoms with Crippen LogP contribution in [0.5, 0.6) is 0 Å². The van der Waals surface area contributed by atoms with Gasteiger partial charge in [0.05, 0.1) is 73.9 Å². The molecule has 3 heterocycles. The molecule has 0 aromatic rings. The Morgan fingerprint density at radius 1 is 0.321 bits per heavy atom. The van der Waals surface area contributed by atoms with Crippen LogP contribution in [0.2, 0.25) is 0 Å². The molecule has 15 heteroatoms. The average Bonchev–Trinajstić information content (AvgIpc) is 3.01. The zero-order chi connectivity index (χ0) is 42.0. The third kappa shape index (κ3) is 5.55. The maximum absolute atomic E-state index is 12.4. The van der Waals surface area contributed by atoms with Crippen LogP contribution in [0.15, 0.2) is 0 Å². The monoisotopic (exact) mass is 768 g/mol. The maximum Gasteiger partial charge on any atom is 0.124 e. The number of hydrogen-bond donors (Lipinski definition) is 10. The fraction of sp³-hybridized carbons (Fsp3) is 1.00. The molecule has 3 aliphatic heterocycles. The fourth-order valence-electron chi connectivity index (χ4n) is 9.32. The van der Waals surface area contributed by atoms with Crippen LogP contribution in [0.1, 0.15) is 111 Å². The van der Waals surface area contributed by atoms with E-state index < -0.39 is 123 Å². The van der Waals surface area contributed by atoms with Gasteiger partial charge in [0.25, 0.3) is 0 Å². The van der Waals surface area contributed by atoms with Crippen molar-refractivity contribution in [1.82, 2.24) is 0 Å². The summed E-state index contributed by atoms with van der Waals surface area (Å²) in [6.45, 7) is 19.9. The van der Waals surface area contributed by atoms with Crippen LogP contribution < -0.4 is 0 Å². The molecular weight excluding hydrogens is 696 g/mol. The lowest BCUT2D eigenvalue weighted by Gasteiger charge is -2.68. The highest BCUT2D eigenvalue weighted by Gasteiger charge is 2.77. The van der Waals surface area contributed by atoms with Gasteiger partial charge < -0.3 is 74.7 Å². The van der Waals surface area contributed by atoms with E-state index in [1.165, 1.54) is 69.2 Å². The summed E-state index contributed by atoms with van der Waals surface area (Å²) in [6, 6.07) is 0. The van der Waals surface area contributed by atoms with Crippen LogP contribution in [0.3, 0.4) is 0 Å². The number of aliphatic hydroxyl groups is 10. The Bertz CT molecular complexity index is 1370. The Labute approximate surface area is 315 Å². The first-order valence-electron chi connectivity index (χ1n) is 18.4. The van der Waals surface area contributed by atoms with Crippen LogP contribution in [-0.4, -0.2) is 170 Å². The third-order valence-corrected chi connectivity index (χ3v) is 16.4. The Morgan fingerprint density at radius 2 is 0.604 bits per heavy atom. The summed E-state index contributed by atoms with van der Waals surface area (Å²) in [6.07, 6.45) is 0. The summed E-state index contributed by atoms with van der Waals surface area (Å²) in [5.74, 6) is 0. The molecule has 0 aromatic carbocycles. The van der Waals surface area contributed by atoms with Gasteiger partial charge in [-0.15, -0.1) is 0 Å². The molecule has 3 aliphatic rings. The first-order chi connectivity index (χ1) is 23.2. The molecule has 53 heavy (non-hydrogen) atoms. The molecule has 0 spiro atoms. The van der Waals surface area contributed by atoms with Crippen molar-refractivity contribution in [2.45, 2.75) is 184 Å². The second-order valence-electron chi connectivity index (χ2n) is 19.6. The number of aliphatic hydroxyl groups excluding tert-OH is 3. The molecule has 314 valence electrons. The lowest BCUT2D eigenvalue weighted by atomic mass is 9.52. The highest BCUT2D eigenvalue weighted by Crippen LogP contribution is 2.61. The number of rotatable bonds is 11. The van der Waals surface area contributed by atoms with Crippen molar-refractivity contribution in [3.05, 3.63) is 0 Å². The fourth-order valence-corrected chi connectivity index (χ4v) is 9.32. The Hall–Kier alpha value is -0.600. The van der Waals surface area contributed by atoms with Gasteiger partial charge in [-0.05, 0) is 96.9 Å². The summed E-state index contributed by atoms with van der Waals surface area (Å²) in [7, 11) is 0. The minimum absolute atomic E-state index is 0.307. The van der Waals surface area contributed by atoms with E-state index in [0.29, 0.717) is 0 Å². The van der Waals surface area contributed by atoms with E-state index in [1.54, 1.807) is 41.5 Å². The molecule has 0 radical (unpaired) electrons. The minimum Gasteiger partial charge on any atom is -0.393 e. The van der Waals surface area contributed by atoms with E-state index in [2.05, 4.69) is 0 Å². The topological polar surface area (TPSA) is 248 Å². The third-order valence-electron chi connectivity index (χ3n) is 16.4. The summed E-state index contributed by atoms with van der Waals surface area (Å²) in [4.78, 5) is 0. The van der Waals surface area contributed by atoms with Gasteiger partial charge in [0.2, 0.25) is 0 Å². The van der Waals surface area contributed by atoms with E-state index in [-0.39, 0.29) is 6.61 Å². The molecule has 0 bridgehead atoms. The van der Waals surface area contributed by atoms with Crippen LogP contribution in [-0.2, 0) is 23.7 Å². The molecule has 0 saturated carbocycles. The SMILES string of the molecule is CC1(C)OC(C)(CO)[C@@](C)(COC[C@@]2(C)OC(C)(CO)[C@@](C)(COC[C@@]3(C)OC(C)(CO)[C@@](C)(O)[C@@](C)(O)C3(C)O)[C@@](C)(O)C2(C)O)[C@@](C)(O)C1(C)O. The zero-order valence-corrected chi connectivity index (χ0v) is 35.0. The smallest absolute Gasteiger partial charge is 0.124 e. The first-order valence-corrected chi connectivity index (χ1v) is 18.4.